The molecule has 0 radical (unpaired) electrons. The van der Waals surface area contributed by atoms with E-state index in [4.69, 9.17) is 11.6 Å². The number of hydrogen-bond donors (Lipinski definition) is 0. The third-order valence-electron chi connectivity index (χ3n) is 4.07. The second kappa shape index (κ2) is 6.53. The van der Waals surface area contributed by atoms with Crippen molar-refractivity contribution in [2.24, 2.45) is 0 Å². The van der Waals surface area contributed by atoms with E-state index in [1.165, 1.54) is 6.07 Å². The van der Waals surface area contributed by atoms with Gasteiger partial charge in [-0.3, -0.25) is 4.90 Å². The van der Waals surface area contributed by atoms with Crippen LogP contribution >= 0.6 is 11.6 Å². The van der Waals surface area contributed by atoms with Crippen molar-refractivity contribution in [2.75, 3.05) is 27.2 Å². The van der Waals surface area contributed by atoms with Gasteiger partial charge in [0.1, 0.15) is 11.9 Å². The van der Waals surface area contributed by atoms with Gasteiger partial charge in [0.15, 0.2) is 0 Å². The number of benzene rings is 1. The Labute approximate surface area is 124 Å². The first kappa shape index (κ1) is 15.2. The average Bonchev–Trinajstić information content (AvgIpc) is 2.43. The molecule has 1 aliphatic heterocycles. The largest absolute Gasteiger partial charge is 0.306 e. The van der Waals surface area contributed by atoms with Crippen LogP contribution in [-0.2, 0) is 0 Å². The monoisotopic (exact) mass is 295 g/mol. The molecular formula is C15H19ClFN3. The summed E-state index contributed by atoms with van der Waals surface area (Å²) in [6.45, 7) is 2.00. The van der Waals surface area contributed by atoms with Crippen molar-refractivity contribution < 1.29 is 4.39 Å². The van der Waals surface area contributed by atoms with Crippen LogP contribution in [0.5, 0.6) is 0 Å². The minimum absolute atomic E-state index is 0.284. The summed E-state index contributed by atoms with van der Waals surface area (Å²) in [4.78, 5) is 4.22. The second-order valence-corrected chi connectivity index (χ2v) is 5.77. The van der Waals surface area contributed by atoms with Crippen molar-refractivity contribution in [1.82, 2.24) is 9.80 Å². The van der Waals surface area contributed by atoms with Gasteiger partial charge in [-0.1, -0.05) is 17.7 Å². The Morgan fingerprint density at radius 3 is 2.65 bits per heavy atom. The topological polar surface area (TPSA) is 30.3 Å². The molecule has 0 bridgehead atoms. The van der Waals surface area contributed by atoms with E-state index in [2.05, 4.69) is 18.0 Å². The van der Waals surface area contributed by atoms with E-state index in [1.54, 1.807) is 12.1 Å². The summed E-state index contributed by atoms with van der Waals surface area (Å²) >= 11 is 6.08. The van der Waals surface area contributed by atoms with Crippen LogP contribution in [0, 0.1) is 17.1 Å². The van der Waals surface area contributed by atoms with E-state index in [0.717, 1.165) is 25.9 Å². The first-order chi connectivity index (χ1) is 9.54. The molecule has 1 fully saturated rings. The third-order valence-corrected chi connectivity index (χ3v) is 4.40. The average molecular weight is 296 g/mol. The highest BCUT2D eigenvalue weighted by Gasteiger charge is 2.29. The van der Waals surface area contributed by atoms with Crippen LogP contribution in [-0.4, -0.2) is 43.0 Å². The van der Waals surface area contributed by atoms with Gasteiger partial charge < -0.3 is 4.90 Å². The zero-order valence-corrected chi connectivity index (χ0v) is 12.6. The van der Waals surface area contributed by atoms with E-state index in [-0.39, 0.29) is 11.6 Å². The maximum Gasteiger partial charge on any atom is 0.130 e. The number of hydrogen-bond acceptors (Lipinski definition) is 3. The zero-order chi connectivity index (χ0) is 14.7. The summed E-state index contributed by atoms with van der Waals surface area (Å²) in [6, 6.07) is 6.39. The van der Waals surface area contributed by atoms with Crippen LogP contribution in [0.15, 0.2) is 18.2 Å². The summed E-state index contributed by atoms with van der Waals surface area (Å²) in [5.41, 5.74) is 0.290. The minimum atomic E-state index is -0.642. The highest BCUT2D eigenvalue weighted by Crippen LogP contribution is 2.31. The van der Waals surface area contributed by atoms with Crippen molar-refractivity contribution in [3.05, 3.63) is 34.6 Å². The zero-order valence-electron chi connectivity index (χ0n) is 11.8. The molecule has 0 saturated carbocycles. The molecule has 0 aromatic heterocycles. The van der Waals surface area contributed by atoms with Crippen molar-refractivity contribution >= 4 is 11.6 Å². The smallest absolute Gasteiger partial charge is 0.130 e. The molecule has 5 heteroatoms. The van der Waals surface area contributed by atoms with Crippen LogP contribution < -0.4 is 0 Å². The highest BCUT2D eigenvalue weighted by molar-refractivity contribution is 6.31. The predicted molar refractivity (Wildman–Crippen MR) is 78.0 cm³/mol. The van der Waals surface area contributed by atoms with Crippen molar-refractivity contribution in [3.63, 3.8) is 0 Å². The first-order valence-corrected chi connectivity index (χ1v) is 7.16. The normalized spacial score (nSPS) is 19.0. The molecule has 3 nitrogen and oxygen atoms in total. The molecule has 1 heterocycles. The van der Waals surface area contributed by atoms with E-state index < -0.39 is 11.9 Å². The van der Waals surface area contributed by atoms with Gasteiger partial charge >= 0.3 is 0 Å². The second-order valence-electron chi connectivity index (χ2n) is 5.37. The fourth-order valence-electron chi connectivity index (χ4n) is 2.74. The number of likely N-dealkylation sites (tertiary alicyclic amines) is 1. The Kier molecular flexibility index (Phi) is 4.98. The summed E-state index contributed by atoms with van der Waals surface area (Å²) in [7, 11) is 3.97. The SMILES string of the molecule is CN1CCC(N(C)C(C#N)c2c(F)cccc2Cl)CC1. The molecule has 0 N–H and O–H groups in total. The van der Waals surface area contributed by atoms with Crippen LogP contribution in [0.4, 0.5) is 4.39 Å². The quantitative estimate of drug-likeness (QED) is 0.858. The fourth-order valence-corrected chi connectivity index (χ4v) is 3.01. The minimum Gasteiger partial charge on any atom is -0.306 e. The third kappa shape index (κ3) is 3.12. The van der Waals surface area contributed by atoms with Gasteiger partial charge in [-0.25, -0.2) is 4.39 Å². The first-order valence-electron chi connectivity index (χ1n) is 6.78. The van der Waals surface area contributed by atoms with Gasteiger partial charge in [-0.05, 0) is 52.2 Å². The van der Waals surface area contributed by atoms with Crippen LogP contribution in [0.25, 0.3) is 0 Å². The standard InChI is InChI=1S/C15H19ClFN3/c1-19-8-6-11(7-9-19)20(2)14(10-18)15-12(16)4-3-5-13(15)17/h3-5,11,14H,6-9H2,1-2H3. The number of halogens is 2. The Morgan fingerprint density at radius 2 is 2.10 bits per heavy atom. The van der Waals surface area contributed by atoms with Crippen molar-refractivity contribution in [3.8, 4) is 6.07 Å². The molecule has 1 aromatic carbocycles. The van der Waals surface area contributed by atoms with E-state index >= 15 is 0 Å². The van der Waals surface area contributed by atoms with Gasteiger partial charge in [-0.2, -0.15) is 5.26 Å². The van der Waals surface area contributed by atoms with Gasteiger partial charge in [0.2, 0.25) is 0 Å². The maximum atomic E-state index is 14.0. The molecule has 1 saturated heterocycles. The summed E-state index contributed by atoms with van der Waals surface area (Å²) < 4.78 is 14.0. The molecule has 1 atom stereocenters. The Balaban J connectivity index is 2.22. The summed E-state index contributed by atoms with van der Waals surface area (Å²) in [6.07, 6.45) is 1.97. The van der Waals surface area contributed by atoms with Crippen molar-refractivity contribution in [2.45, 2.75) is 24.9 Å². The van der Waals surface area contributed by atoms with E-state index in [0.29, 0.717) is 5.02 Å². The molecule has 108 valence electrons. The number of rotatable bonds is 3. The lowest BCUT2D eigenvalue weighted by molar-refractivity contribution is 0.124. The van der Waals surface area contributed by atoms with Crippen molar-refractivity contribution in [1.29, 1.82) is 5.26 Å². The molecule has 20 heavy (non-hydrogen) atoms. The predicted octanol–water partition coefficient (Wildman–Crippen LogP) is 3.07. The van der Waals surface area contributed by atoms with Gasteiger partial charge in [-0.15, -0.1) is 0 Å². The van der Waals surface area contributed by atoms with Crippen LogP contribution in [0.1, 0.15) is 24.4 Å². The molecular weight excluding hydrogens is 277 g/mol. The summed E-state index contributed by atoms with van der Waals surface area (Å²) in [5, 5.41) is 9.77. The van der Waals surface area contributed by atoms with Crippen LogP contribution in [0.3, 0.4) is 0 Å². The lowest BCUT2D eigenvalue weighted by Gasteiger charge is -2.37. The molecule has 0 amide bonds. The molecule has 1 aromatic rings. The van der Waals surface area contributed by atoms with Gasteiger partial charge in [0, 0.05) is 16.6 Å². The van der Waals surface area contributed by atoms with Crippen LogP contribution in [0.2, 0.25) is 5.02 Å². The molecule has 1 unspecified atom stereocenters. The molecule has 0 spiro atoms. The lowest BCUT2D eigenvalue weighted by Crippen LogP contribution is -2.43. The molecule has 0 aliphatic carbocycles. The Bertz CT molecular complexity index is 486. The van der Waals surface area contributed by atoms with Gasteiger partial charge in [0.25, 0.3) is 0 Å². The lowest BCUT2D eigenvalue weighted by atomic mass is 9.99. The maximum absolute atomic E-state index is 14.0. The summed E-state index contributed by atoms with van der Waals surface area (Å²) in [5.74, 6) is -0.413. The number of nitriles is 1. The number of piperidine rings is 1. The Morgan fingerprint density at radius 1 is 1.45 bits per heavy atom. The Hall–Kier alpha value is -1.15. The van der Waals surface area contributed by atoms with Gasteiger partial charge in [0.05, 0.1) is 6.07 Å². The number of nitrogens with zero attached hydrogens (tertiary/aromatic N) is 3. The molecule has 1 aliphatic rings. The van der Waals surface area contributed by atoms with E-state index in [1.807, 2.05) is 11.9 Å². The highest BCUT2D eigenvalue weighted by atomic mass is 35.5. The van der Waals surface area contributed by atoms with E-state index in [9.17, 15) is 9.65 Å². The fraction of sp³-hybridized carbons (Fsp3) is 0.533. The molecule has 2 rings (SSSR count).